The molecule has 0 fully saturated rings. The van der Waals surface area contributed by atoms with Gasteiger partial charge >= 0.3 is 0 Å². The number of benzene rings is 5. The molecule has 0 spiro atoms. The topological polar surface area (TPSA) is 429 Å². The molecule has 20 rings (SSSR count). The van der Waals surface area contributed by atoms with Gasteiger partial charge in [0.1, 0.15) is 40.6 Å². The van der Waals surface area contributed by atoms with E-state index in [9.17, 15) is 24.0 Å². The summed E-state index contributed by atoms with van der Waals surface area (Å²) >= 11 is 6.40. The summed E-state index contributed by atoms with van der Waals surface area (Å²) in [6.07, 6.45) is 12.5. The average Bonchev–Trinajstić information content (AvgIpc) is 1.68. The highest BCUT2D eigenvalue weighted by atomic mass is 32.1. The molecule has 0 aliphatic heterocycles. The molecule has 7 N–H and O–H groups in total. The number of carbonyl (C=O) groups excluding carboxylic acids is 5. The van der Waals surface area contributed by atoms with E-state index in [2.05, 4.69) is 115 Å². The fourth-order valence-corrected chi connectivity index (χ4v) is 14.8. The van der Waals surface area contributed by atoms with Crippen LogP contribution in [0.4, 0.5) is 0 Å². The molecule has 30 nitrogen and oxygen atoms in total. The van der Waals surface area contributed by atoms with Crippen LogP contribution in [-0.4, -0.2) is 140 Å². The molecule has 0 aliphatic carbocycles. The van der Waals surface area contributed by atoms with E-state index in [0.717, 1.165) is 54.5 Å². The highest BCUT2D eigenvalue weighted by Gasteiger charge is 2.25. The molecule has 0 saturated carbocycles. The van der Waals surface area contributed by atoms with Gasteiger partial charge in [-0.1, -0.05) is 101 Å². The van der Waals surface area contributed by atoms with Gasteiger partial charge < -0.3 is 38.4 Å². The van der Waals surface area contributed by atoms with Gasteiger partial charge in [0, 0.05) is 119 Å². The highest BCUT2D eigenvalue weighted by Crippen LogP contribution is 2.31. The SMILES string of the molecule is Cc1nc(-c2csc(C(=O)c3c[nH]c4ccccc34)n2)n[nH]1.Cc1nc(-c2csc(C(=O)c3c[nH]c4ccccc34)n2)no1.O=C(c1nc(-c2ncn[nH]2)cs1)c1c[nH]c2ccccc12.O=C(c1nc(-c2ncon2)cs1)c1c[nH]c2ccccc12.O=C(c1nc(-c2nnco2)cs1)c1c[nH]c2ccccc12. The van der Waals surface area contributed by atoms with E-state index < -0.39 is 0 Å². The van der Waals surface area contributed by atoms with E-state index in [1.54, 1.807) is 64.8 Å². The minimum absolute atomic E-state index is 0.0942. The third-order valence-corrected chi connectivity index (χ3v) is 20.3. The van der Waals surface area contributed by atoms with Crippen molar-refractivity contribution in [1.82, 2.24) is 111 Å². The zero-order chi connectivity index (χ0) is 72.9. The molecule has 0 unspecified atom stereocenters. The highest BCUT2D eigenvalue weighted by molar-refractivity contribution is 7.13. The molecule has 0 amide bonds. The maximum absolute atomic E-state index is 12.7. The van der Waals surface area contributed by atoms with E-state index in [4.69, 9.17) is 8.94 Å². The van der Waals surface area contributed by atoms with Crippen molar-refractivity contribution < 1.29 is 37.4 Å². The molecule has 5 aromatic carbocycles. The fourth-order valence-electron chi connectivity index (χ4n) is 11.0. The minimum Gasteiger partial charge on any atom is -0.422 e. The first kappa shape index (κ1) is 67.5. The molecule has 107 heavy (non-hydrogen) atoms. The second-order valence-corrected chi connectivity index (χ2v) is 27.1. The van der Waals surface area contributed by atoms with Crippen molar-refractivity contribution in [2.75, 3.05) is 0 Å². The zero-order valence-electron chi connectivity index (χ0n) is 55.1. The fraction of sp³-hybridized carbons (Fsp3) is 0.0278. The smallest absolute Gasteiger partial charge is 0.266 e. The maximum atomic E-state index is 12.7. The normalized spacial score (nSPS) is 11.1. The number of aryl methyl sites for hydroxylation is 2. The van der Waals surface area contributed by atoms with Crippen LogP contribution in [0.25, 0.3) is 112 Å². The Labute approximate surface area is 618 Å². The lowest BCUT2D eigenvalue weighted by molar-refractivity contribution is 0.103. The van der Waals surface area contributed by atoms with E-state index in [-0.39, 0.29) is 28.9 Å². The number of nitrogens with one attached hydrogen (secondary N) is 7. The predicted octanol–water partition coefficient (Wildman–Crippen LogP) is 14.6. The van der Waals surface area contributed by atoms with Gasteiger partial charge in [0.2, 0.25) is 65.1 Å². The summed E-state index contributed by atoms with van der Waals surface area (Å²) in [6.45, 7) is 3.53. The van der Waals surface area contributed by atoms with Crippen molar-refractivity contribution in [3.05, 3.63) is 263 Å². The minimum atomic E-state index is -0.122. The first-order valence-corrected chi connectivity index (χ1v) is 36.2. The molecular weight excluding hydrogens is 1460 g/mol. The number of ketones is 5. The summed E-state index contributed by atoms with van der Waals surface area (Å²) in [6, 6.07) is 38.4. The second kappa shape index (κ2) is 29.8. The Bertz CT molecular complexity index is 6030. The van der Waals surface area contributed by atoms with Crippen molar-refractivity contribution in [2.24, 2.45) is 0 Å². The van der Waals surface area contributed by atoms with Gasteiger partial charge in [-0.25, -0.2) is 34.9 Å². The van der Waals surface area contributed by atoms with E-state index in [0.29, 0.717) is 122 Å². The van der Waals surface area contributed by atoms with Gasteiger partial charge in [0.15, 0.2) is 30.9 Å². The number of rotatable bonds is 15. The molecule has 15 heterocycles. The number of thiazole rings is 5. The molecule has 20 aromatic rings. The number of aromatic amines is 7. The molecule has 522 valence electrons. The lowest BCUT2D eigenvalue weighted by Gasteiger charge is -1.94. The van der Waals surface area contributed by atoms with Crippen LogP contribution in [0.15, 0.2) is 212 Å². The van der Waals surface area contributed by atoms with Crippen molar-refractivity contribution in [3.8, 4) is 57.7 Å². The largest absolute Gasteiger partial charge is 0.422 e. The van der Waals surface area contributed by atoms with Crippen molar-refractivity contribution >= 4 is 140 Å². The molecule has 15 aromatic heterocycles. The van der Waals surface area contributed by atoms with Crippen LogP contribution >= 0.6 is 56.7 Å². The maximum Gasteiger partial charge on any atom is 0.266 e. The molecular formula is C72H46N22O8S5. The van der Waals surface area contributed by atoms with Crippen LogP contribution in [0.3, 0.4) is 0 Å². The molecule has 0 saturated heterocycles. The third kappa shape index (κ3) is 14.1. The van der Waals surface area contributed by atoms with E-state index in [1.807, 2.05) is 128 Å². The molecule has 35 heteroatoms. The molecule has 0 radical (unpaired) electrons. The predicted molar refractivity (Wildman–Crippen MR) is 399 cm³/mol. The van der Waals surface area contributed by atoms with Gasteiger partial charge in [0.05, 0.1) is 27.8 Å². The lowest BCUT2D eigenvalue weighted by atomic mass is 10.1. The van der Waals surface area contributed by atoms with Crippen LogP contribution in [0.5, 0.6) is 0 Å². The first-order valence-electron chi connectivity index (χ1n) is 31.8. The summed E-state index contributed by atoms with van der Waals surface area (Å²) in [5.74, 6) is 2.78. The Hall–Kier alpha value is -14.0. The Kier molecular flexibility index (Phi) is 18.8. The zero-order valence-corrected chi connectivity index (χ0v) is 59.2. The number of nitrogens with zero attached hydrogens (tertiary/aromatic N) is 15. The van der Waals surface area contributed by atoms with Gasteiger partial charge in [-0.15, -0.1) is 66.9 Å². The van der Waals surface area contributed by atoms with Gasteiger partial charge in [0.25, 0.3) is 5.89 Å². The summed E-state index contributed by atoms with van der Waals surface area (Å²) in [7, 11) is 0. The number of hydrogen-bond acceptors (Lipinski definition) is 28. The first-order chi connectivity index (χ1) is 52.4. The monoisotopic (exact) mass is 1510 g/mol. The van der Waals surface area contributed by atoms with Gasteiger partial charge in [-0.05, 0) is 37.3 Å². The van der Waals surface area contributed by atoms with Crippen molar-refractivity contribution in [3.63, 3.8) is 0 Å². The summed E-state index contributed by atoms with van der Waals surface area (Å²) < 4.78 is 14.7. The standard InChI is InChI=1S/C15H11N5OS.C15H10N4O2S.C14H9N5OS.2C14H8N4O2S/c1-8-17-14(20-19-8)12-7-22-15(18-12)13(21)10-6-16-11-5-3-2-4-9(10)11;1-8-17-14(19-21-8)12-7-22-15(18-12)13(20)10-6-16-11-5-3-2-4-9(10)11;20-12(9-5-15-10-4-2-1-3-8(9)10)14-18-11(6-21-14)13-16-7-17-19-13;19-12(9-5-15-10-4-2-1-3-8(9)10)14-17-11(6-21-14)13-18-16-7-20-13;19-12(9-5-15-10-4-2-1-3-8(9)10)14-17-11(6-21-14)13-16-7-20-18-13/h2-7,16H,1H3,(H,17,19,20);2-7,16H,1H3;1-7,15H,(H,16,17,19);2*1-7,15H. The number of aromatic nitrogens is 22. The van der Waals surface area contributed by atoms with Crippen LogP contribution in [-0.2, 0) is 0 Å². The Morgan fingerprint density at radius 1 is 0.383 bits per heavy atom. The van der Waals surface area contributed by atoms with Crippen LogP contribution in [0.2, 0.25) is 0 Å². The lowest BCUT2D eigenvalue weighted by Crippen LogP contribution is -1.99. The average molecular weight is 1510 g/mol. The summed E-state index contributed by atoms with van der Waals surface area (Å²) in [5, 5.41) is 43.6. The van der Waals surface area contributed by atoms with Gasteiger partial charge in [-0.2, -0.15) is 20.2 Å². The van der Waals surface area contributed by atoms with Crippen LogP contribution < -0.4 is 0 Å². The van der Waals surface area contributed by atoms with Crippen LogP contribution in [0, 0.1) is 13.8 Å². The summed E-state index contributed by atoms with van der Waals surface area (Å²) in [5.41, 5.74) is 10.6. The number of H-pyrrole nitrogens is 7. The Balaban J connectivity index is 0.000000102. The van der Waals surface area contributed by atoms with E-state index >= 15 is 0 Å². The Morgan fingerprint density at radius 2 is 0.766 bits per heavy atom. The summed E-state index contributed by atoms with van der Waals surface area (Å²) in [4.78, 5) is 116. The number of hydrogen-bond donors (Lipinski definition) is 7. The van der Waals surface area contributed by atoms with E-state index in [1.165, 1.54) is 75.8 Å². The third-order valence-electron chi connectivity index (χ3n) is 16.1. The Morgan fingerprint density at radius 3 is 1.12 bits per heavy atom. The van der Waals surface area contributed by atoms with Crippen molar-refractivity contribution in [2.45, 2.75) is 13.8 Å². The molecule has 0 bridgehead atoms. The molecule has 0 aliphatic rings. The number of carbonyl (C=O) groups is 5. The van der Waals surface area contributed by atoms with Crippen LogP contribution in [0.1, 0.15) is 88.5 Å². The molecule has 0 atom stereocenters. The van der Waals surface area contributed by atoms with Gasteiger partial charge in [-0.3, -0.25) is 34.2 Å². The van der Waals surface area contributed by atoms with Crippen molar-refractivity contribution in [1.29, 1.82) is 0 Å². The quantitative estimate of drug-likeness (QED) is 0.0469. The number of para-hydroxylation sites is 5. The second-order valence-electron chi connectivity index (χ2n) is 22.8. The number of fused-ring (bicyclic) bond motifs is 5.